The van der Waals surface area contributed by atoms with Gasteiger partial charge in [-0.25, -0.2) is 4.39 Å². The van der Waals surface area contributed by atoms with Crippen LogP contribution < -0.4 is 5.32 Å². The first-order valence-electron chi connectivity index (χ1n) is 6.67. The Morgan fingerprint density at radius 2 is 2.00 bits per heavy atom. The fraction of sp³-hybridized carbons (Fsp3) is 0.0625. The summed E-state index contributed by atoms with van der Waals surface area (Å²) in [5.74, 6) is -0.00613. The van der Waals surface area contributed by atoms with Gasteiger partial charge in [0.15, 0.2) is 5.17 Å². The van der Waals surface area contributed by atoms with E-state index in [0.717, 1.165) is 17.3 Å². The Bertz CT molecular complexity index is 837. The van der Waals surface area contributed by atoms with E-state index in [-0.39, 0.29) is 16.9 Å². The van der Waals surface area contributed by atoms with Crippen LogP contribution in [0, 0.1) is 5.82 Å². The number of nitrogens with one attached hydrogen (secondary N) is 1. The van der Waals surface area contributed by atoms with Crippen molar-refractivity contribution in [3.63, 3.8) is 0 Å². The van der Waals surface area contributed by atoms with Gasteiger partial charge in [0.05, 0.1) is 4.91 Å². The number of amides is 2. The first-order chi connectivity index (χ1) is 11.0. The number of halogens is 1. The smallest absolute Gasteiger partial charge is 0.286 e. The van der Waals surface area contributed by atoms with Crippen LogP contribution in [0.25, 0.3) is 17.4 Å². The molecule has 1 aliphatic heterocycles. The molecule has 0 bridgehead atoms. The summed E-state index contributed by atoms with van der Waals surface area (Å²) in [6.45, 7) is 1.34. The maximum Gasteiger partial charge on any atom is 0.286 e. The lowest BCUT2D eigenvalue weighted by Gasteiger charge is -1.97. The minimum absolute atomic E-state index is 0.249. The lowest BCUT2D eigenvalue weighted by Crippen LogP contribution is -2.23. The summed E-state index contributed by atoms with van der Waals surface area (Å²) in [7, 11) is 0. The molecule has 2 aromatic rings. The highest BCUT2D eigenvalue weighted by atomic mass is 32.2. The topological polar surface area (TPSA) is 71.7 Å². The number of carbonyl (C=O) groups excluding carboxylic acids is 2. The van der Waals surface area contributed by atoms with Crippen LogP contribution in [0.1, 0.15) is 12.7 Å². The Labute approximate surface area is 135 Å². The molecule has 2 amide bonds. The lowest BCUT2D eigenvalue weighted by atomic mass is 10.2. The molecule has 2 heterocycles. The van der Waals surface area contributed by atoms with Crippen molar-refractivity contribution in [3.05, 3.63) is 52.9 Å². The van der Waals surface area contributed by atoms with E-state index < -0.39 is 5.91 Å². The van der Waals surface area contributed by atoms with Crippen molar-refractivity contribution in [1.29, 1.82) is 0 Å². The molecule has 0 atom stereocenters. The molecule has 0 fully saturated rings. The van der Waals surface area contributed by atoms with Crippen LogP contribution >= 0.6 is 11.8 Å². The van der Waals surface area contributed by atoms with Gasteiger partial charge >= 0.3 is 0 Å². The van der Waals surface area contributed by atoms with Gasteiger partial charge in [-0.15, -0.1) is 0 Å². The second kappa shape index (κ2) is 6.21. The van der Waals surface area contributed by atoms with Crippen molar-refractivity contribution < 1.29 is 18.4 Å². The Morgan fingerprint density at radius 3 is 2.70 bits per heavy atom. The van der Waals surface area contributed by atoms with Crippen LogP contribution in [0.3, 0.4) is 0 Å². The third-order valence-electron chi connectivity index (χ3n) is 2.93. The zero-order valence-corrected chi connectivity index (χ0v) is 12.8. The van der Waals surface area contributed by atoms with Crippen LogP contribution in [0.2, 0.25) is 0 Å². The average Bonchev–Trinajstić information content (AvgIpc) is 3.07. The van der Waals surface area contributed by atoms with Crippen molar-refractivity contribution in [1.82, 2.24) is 5.32 Å². The summed E-state index contributed by atoms with van der Waals surface area (Å²) < 4.78 is 18.6. The number of rotatable bonds is 2. The Balaban J connectivity index is 1.78. The van der Waals surface area contributed by atoms with E-state index in [1.54, 1.807) is 30.3 Å². The summed E-state index contributed by atoms with van der Waals surface area (Å²) >= 11 is 1.07. The molecule has 116 valence electrons. The van der Waals surface area contributed by atoms with Crippen LogP contribution in [-0.4, -0.2) is 17.0 Å². The van der Waals surface area contributed by atoms with Crippen molar-refractivity contribution in [3.8, 4) is 11.3 Å². The summed E-state index contributed by atoms with van der Waals surface area (Å²) in [5.41, 5.74) is 0.733. The molecule has 3 rings (SSSR count). The van der Waals surface area contributed by atoms with Crippen molar-refractivity contribution in [2.45, 2.75) is 6.92 Å². The number of benzene rings is 1. The number of thioether (sulfide) groups is 1. The fourth-order valence-electron chi connectivity index (χ4n) is 1.94. The predicted octanol–water partition coefficient (Wildman–Crippen LogP) is 3.19. The average molecular weight is 330 g/mol. The minimum Gasteiger partial charge on any atom is -0.457 e. The highest BCUT2D eigenvalue weighted by Crippen LogP contribution is 2.29. The second-order valence-corrected chi connectivity index (χ2v) is 5.75. The third-order valence-corrected chi connectivity index (χ3v) is 3.83. The maximum absolute atomic E-state index is 12.9. The normalized spacial score (nSPS) is 15.8. The Morgan fingerprint density at radius 1 is 1.26 bits per heavy atom. The van der Waals surface area contributed by atoms with Crippen LogP contribution in [0.4, 0.5) is 4.39 Å². The molecule has 5 nitrogen and oxygen atoms in total. The van der Waals surface area contributed by atoms with Crippen LogP contribution in [-0.2, 0) is 9.59 Å². The van der Waals surface area contributed by atoms with E-state index in [1.165, 1.54) is 19.1 Å². The number of hydrogen-bond acceptors (Lipinski definition) is 4. The van der Waals surface area contributed by atoms with Gasteiger partial charge in [-0.2, -0.15) is 4.99 Å². The summed E-state index contributed by atoms with van der Waals surface area (Å²) in [6, 6.07) is 9.35. The minimum atomic E-state index is -0.432. The summed E-state index contributed by atoms with van der Waals surface area (Å²) in [4.78, 5) is 26.8. The molecule has 1 aromatic heterocycles. The van der Waals surface area contributed by atoms with E-state index in [4.69, 9.17) is 4.42 Å². The van der Waals surface area contributed by atoms with Gasteiger partial charge in [0.1, 0.15) is 17.3 Å². The number of carbonyl (C=O) groups is 2. The van der Waals surface area contributed by atoms with E-state index in [1.807, 2.05) is 0 Å². The van der Waals surface area contributed by atoms with Crippen molar-refractivity contribution in [2.24, 2.45) is 4.99 Å². The van der Waals surface area contributed by atoms with Gasteiger partial charge in [-0.3, -0.25) is 9.59 Å². The maximum atomic E-state index is 12.9. The van der Waals surface area contributed by atoms with Gasteiger partial charge < -0.3 is 9.73 Å². The molecule has 1 aromatic carbocycles. The van der Waals surface area contributed by atoms with Crippen LogP contribution in [0.5, 0.6) is 0 Å². The number of amidine groups is 1. The number of furan rings is 1. The largest absolute Gasteiger partial charge is 0.457 e. The Kier molecular flexibility index (Phi) is 4.12. The zero-order valence-electron chi connectivity index (χ0n) is 12.0. The standard InChI is InChI=1S/C16H11FN2O3S/c1-9(20)18-16-19-15(21)14(23-16)8-12-6-7-13(22-12)10-2-4-11(17)5-3-10/h2-8H,1H3,(H,18,19,20,21)/b14-8+. The van der Waals surface area contributed by atoms with Gasteiger partial charge in [0, 0.05) is 18.6 Å². The summed E-state index contributed by atoms with van der Waals surface area (Å²) in [6.07, 6.45) is 1.55. The molecular weight excluding hydrogens is 319 g/mol. The highest BCUT2D eigenvalue weighted by Gasteiger charge is 2.23. The van der Waals surface area contributed by atoms with E-state index >= 15 is 0 Å². The highest BCUT2D eigenvalue weighted by molar-refractivity contribution is 8.18. The first-order valence-corrected chi connectivity index (χ1v) is 7.49. The molecule has 0 spiro atoms. The van der Waals surface area contributed by atoms with Crippen LogP contribution in [0.15, 0.2) is 50.7 Å². The second-order valence-electron chi connectivity index (χ2n) is 4.72. The molecule has 0 aliphatic carbocycles. The van der Waals surface area contributed by atoms with Gasteiger partial charge in [-0.05, 0) is 48.2 Å². The van der Waals surface area contributed by atoms with E-state index in [9.17, 15) is 14.0 Å². The lowest BCUT2D eigenvalue weighted by molar-refractivity contribution is -0.117. The van der Waals surface area contributed by atoms with Gasteiger partial charge in [0.25, 0.3) is 5.91 Å². The molecule has 1 N–H and O–H groups in total. The monoisotopic (exact) mass is 330 g/mol. The third kappa shape index (κ3) is 3.57. The number of aliphatic imine (C=N–C) groups is 1. The Hall–Kier alpha value is -2.67. The molecule has 0 unspecified atom stereocenters. The summed E-state index contributed by atoms with van der Waals surface area (Å²) in [5, 5.41) is 2.72. The molecule has 1 aliphatic rings. The molecule has 0 saturated heterocycles. The van der Waals surface area contributed by atoms with E-state index in [0.29, 0.717) is 16.4 Å². The van der Waals surface area contributed by atoms with Gasteiger partial charge in [-0.1, -0.05) is 0 Å². The quantitative estimate of drug-likeness (QED) is 0.859. The predicted molar refractivity (Wildman–Crippen MR) is 85.9 cm³/mol. The van der Waals surface area contributed by atoms with E-state index in [2.05, 4.69) is 10.3 Å². The SMILES string of the molecule is CC(=O)NC1=NC(=O)/C(=C\c2ccc(-c3ccc(F)cc3)o2)S1. The zero-order chi connectivity index (χ0) is 16.4. The van der Waals surface area contributed by atoms with Crippen molar-refractivity contribution >= 4 is 34.8 Å². The first kappa shape index (κ1) is 15.2. The van der Waals surface area contributed by atoms with Crippen molar-refractivity contribution in [2.75, 3.05) is 0 Å². The number of hydrogen-bond donors (Lipinski definition) is 1. The molecule has 23 heavy (non-hydrogen) atoms. The molecular formula is C16H11FN2O3S. The van der Waals surface area contributed by atoms with Gasteiger partial charge in [0.2, 0.25) is 5.91 Å². The molecule has 0 radical (unpaired) electrons. The fourth-order valence-corrected chi connectivity index (χ4v) is 2.78. The molecule has 0 saturated carbocycles. The number of nitrogens with zero attached hydrogens (tertiary/aromatic N) is 1. The molecule has 7 heteroatoms.